The molecule has 0 amide bonds. The van der Waals surface area contributed by atoms with Crippen LogP contribution in [0.25, 0.3) is 10.9 Å². The number of benzene rings is 1. The summed E-state index contributed by atoms with van der Waals surface area (Å²) in [5.74, 6) is 0. The quantitative estimate of drug-likeness (QED) is 0.621. The Balaban J connectivity index is 1.59. The van der Waals surface area contributed by atoms with Crippen LogP contribution in [0.2, 0.25) is 0 Å². The summed E-state index contributed by atoms with van der Waals surface area (Å²) in [7, 11) is 2.23. The average Bonchev–Trinajstić information content (AvgIpc) is 2.97. The van der Waals surface area contributed by atoms with Crippen LogP contribution >= 0.6 is 0 Å². The summed E-state index contributed by atoms with van der Waals surface area (Å²) in [5.41, 5.74) is 8.39. The fourth-order valence-electron chi connectivity index (χ4n) is 4.30. The third-order valence-electron chi connectivity index (χ3n) is 5.90. The SMILES string of the molecule is CCCCc1ccc(CCn2c3c(c4cc(C)ccc42)CN(C)CC3)cn1. The van der Waals surface area contributed by atoms with Gasteiger partial charge in [0.05, 0.1) is 0 Å². The molecule has 0 unspecified atom stereocenters. The Morgan fingerprint density at radius 1 is 1.11 bits per heavy atom. The van der Waals surface area contributed by atoms with Gasteiger partial charge >= 0.3 is 0 Å². The highest BCUT2D eigenvalue weighted by Gasteiger charge is 2.22. The minimum Gasteiger partial charge on any atom is -0.344 e. The van der Waals surface area contributed by atoms with Crippen molar-refractivity contribution in [3.05, 3.63) is 64.6 Å². The Kier molecular flexibility index (Phi) is 5.31. The van der Waals surface area contributed by atoms with Crippen LogP contribution in [0.5, 0.6) is 0 Å². The maximum Gasteiger partial charge on any atom is 0.0486 e. The highest BCUT2D eigenvalue weighted by Crippen LogP contribution is 2.31. The van der Waals surface area contributed by atoms with E-state index in [4.69, 9.17) is 0 Å². The minimum absolute atomic E-state index is 1.04. The molecule has 0 radical (unpaired) electrons. The summed E-state index contributed by atoms with van der Waals surface area (Å²) < 4.78 is 2.57. The van der Waals surface area contributed by atoms with E-state index < -0.39 is 0 Å². The largest absolute Gasteiger partial charge is 0.344 e. The first-order valence-corrected chi connectivity index (χ1v) is 10.4. The molecule has 0 saturated carbocycles. The van der Waals surface area contributed by atoms with Crippen LogP contribution in [-0.2, 0) is 32.4 Å². The maximum atomic E-state index is 4.67. The van der Waals surface area contributed by atoms with Crippen LogP contribution in [0.4, 0.5) is 0 Å². The first kappa shape index (κ1) is 18.2. The summed E-state index contributed by atoms with van der Waals surface area (Å²) in [4.78, 5) is 7.11. The Hall–Kier alpha value is -2.13. The first-order chi connectivity index (χ1) is 13.2. The molecule has 1 aliphatic heterocycles. The first-order valence-electron chi connectivity index (χ1n) is 10.4. The number of fused-ring (bicyclic) bond motifs is 3. The molecule has 0 atom stereocenters. The van der Waals surface area contributed by atoms with Gasteiger partial charge < -0.3 is 9.47 Å². The van der Waals surface area contributed by atoms with E-state index in [-0.39, 0.29) is 0 Å². The number of likely N-dealkylation sites (N-methyl/N-ethyl adjacent to an activating group) is 1. The van der Waals surface area contributed by atoms with Gasteiger partial charge in [0.25, 0.3) is 0 Å². The Labute approximate surface area is 163 Å². The Morgan fingerprint density at radius 3 is 2.78 bits per heavy atom. The topological polar surface area (TPSA) is 21.1 Å². The van der Waals surface area contributed by atoms with Crippen molar-refractivity contribution in [1.82, 2.24) is 14.5 Å². The van der Waals surface area contributed by atoms with Gasteiger partial charge in [-0.2, -0.15) is 0 Å². The second kappa shape index (κ2) is 7.85. The van der Waals surface area contributed by atoms with Crippen molar-refractivity contribution in [3.8, 4) is 0 Å². The number of nitrogens with zero attached hydrogens (tertiary/aromatic N) is 3. The number of unbranched alkanes of at least 4 members (excludes halogenated alkanes) is 1. The summed E-state index contributed by atoms with van der Waals surface area (Å²) in [6, 6.07) is 11.4. The van der Waals surface area contributed by atoms with Crippen molar-refractivity contribution in [3.63, 3.8) is 0 Å². The van der Waals surface area contributed by atoms with Crippen LogP contribution in [0.3, 0.4) is 0 Å². The molecule has 1 aromatic carbocycles. The van der Waals surface area contributed by atoms with Crippen molar-refractivity contribution in [1.29, 1.82) is 0 Å². The van der Waals surface area contributed by atoms with Crippen molar-refractivity contribution >= 4 is 10.9 Å². The van der Waals surface area contributed by atoms with Gasteiger partial charge in [-0.25, -0.2) is 0 Å². The van der Waals surface area contributed by atoms with Crippen LogP contribution in [0, 0.1) is 6.92 Å². The monoisotopic (exact) mass is 361 g/mol. The molecule has 0 spiro atoms. The second-order valence-corrected chi connectivity index (χ2v) is 8.10. The standard InChI is InChI=1S/C24H31N3/c1-4-5-6-20-9-8-19(16-25-20)11-14-27-23-10-7-18(2)15-21(23)22-17-26(3)13-12-24(22)27/h7-10,15-16H,4-6,11-14,17H2,1-3H3. The van der Waals surface area contributed by atoms with Gasteiger partial charge in [-0.15, -0.1) is 0 Å². The maximum absolute atomic E-state index is 4.67. The molecular formula is C24H31N3. The molecule has 0 bridgehead atoms. The summed E-state index contributed by atoms with van der Waals surface area (Å²) >= 11 is 0. The smallest absolute Gasteiger partial charge is 0.0486 e. The van der Waals surface area contributed by atoms with E-state index >= 15 is 0 Å². The molecule has 27 heavy (non-hydrogen) atoms. The molecule has 0 fully saturated rings. The predicted molar refractivity (Wildman–Crippen MR) is 113 cm³/mol. The molecule has 3 heterocycles. The summed E-state index contributed by atoms with van der Waals surface area (Å²) in [6.07, 6.45) is 7.82. The zero-order chi connectivity index (χ0) is 18.8. The lowest BCUT2D eigenvalue weighted by Gasteiger charge is -2.24. The third kappa shape index (κ3) is 3.79. The fourth-order valence-corrected chi connectivity index (χ4v) is 4.30. The van der Waals surface area contributed by atoms with Gasteiger partial charge in [-0.05, 0) is 62.6 Å². The molecular weight excluding hydrogens is 330 g/mol. The highest BCUT2D eigenvalue weighted by molar-refractivity contribution is 5.86. The van der Waals surface area contributed by atoms with Crippen molar-refractivity contribution in [2.45, 2.75) is 59.0 Å². The molecule has 2 aromatic heterocycles. The Bertz CT molecular complexity index is 921. The third-order valence-corrected chi connectivity index (χ3v) is 5.90. The van der Waals surface area contributed by atoms with Crippen molar-refractivity contribution in [2.24, 2.45) is 0 Å². The number of hydrogen-bond acceptors (Lipinski definition) is 2. The lowest BCUT2D eigenvalue weighted by atomic mass is 10.0. The second-order valence-electron chi connectivity index (χ2n) is 8.10. The molecule has 0 N–H and O–H groups in total. The van der Waals surface area contributed by atoms with E-state index in [1.165, 1.54) is 46.1 Å². The van der Waals surface area contributed by atoms with Gasteiger partial charge in [0.2, 0.25) is 0 Å². The molecule has 3 heteroatoms. The van der Waals surface area contributed by atoms with Crippen molar-refractivity contribution in [2.75, 3.05) is 13.6 Å². The zero-order valence-electron chi connectivity index (χ0n) is 17.0. The van der Waals surface area contributed by atoms with E-state index in [1.54, 1.807) is 5.69 Å². The van der Waals surface area contributed by atoms with E-state index in [9.17, 15) is 0 Å². The van der Waals surface area contributed by atoms with Gasteiger partial charge in [0.15, 0.2) is 0 Å². The lowest BCUT2D eigenvalue weighted by Crippen LogP contribution is -2.27. The van der Waals surface area contributed by atoms with Crippen LogP contribution in [-0.4, -0.2) is 28.0 Å². The highest BCUT2D eigenvalue weighted by atomic mass is 15.1. The number of aryl methyl sites for hydroxylation is 4. The predicted octanol–water partition coefficient (Wildman–Crippen LogP) is 4.92. The van der Waals surface area contributed by atoms with E-state index in [2.05, 4.69) is 71.9 Å². The molecule has 3 nitrogen and oxygen atoms in total. The molecule has 1 aliphatic rings. The van der Waals surface area contributed by atoms with Crippen molar-refractivity contribution < 1.29 is 0 Å². The number of hydrogen-bond donors (Lipinski definition) is 0. The van der Waals surface area contributed by atoms with E-state index in [1.807, 2.05) is 0 Å². The number of aromatic nitrogens is 2. The Morgan fingerprint density at radius 2 is 2.00 bits per heavy atom. The van der Waals surface area contributed by atoms with Gasteiger partial charge in [0.1, 0.15) is 0 Å². The molecule has 4 rings (SSSR count). The number of pyridine rings is 1. The number of rotatable bonds is 6. The molecule has 0 saturated heterocycles. The van der Waals surface area contributed by atoms with E-state index in [0.29, 0.717) is 0 Å². The zero-order valence-corrected chi connectivity index (χ0v) is 17.0. The molecule has 142 valence electrons. The van der Waals surface area contributed by atoms with Crippen LogP contribution in [0.1, 0.15) is 47.8 Å². The van der Waals surface area contributed by atoms with Crippen LogP contribution in [0.15, 0.2) is 36.5 Å². The molecule has 0 aliphatic carbocycles. The van der Waals surface area contributed by atoms with Gasteiger partial charge in [-0.3, -0.25) is 4.98 Å². The lowest BCUT2D eigenvalue weighted by molar-refractivity contribution is 0.309. The fraction of sp³-hybridized carbons (Fsp3) is 0.458. The minimum atomic E-state index is 1.04. The molecule has 3 aromatic rings. The van der Waals surface area contributed by atoms with Crippen LogP contribution < -0.4 is 0 Å². The summed E-state index contributed by atoms with van der Waals surface area (Å²) in [6.45, 7) is 7.68. The average molecular weight is 362 g/mol. The normalized spacial score (nSPS) is 14.6. The summed E-state index contributed by atoms with van der Waals surface area (Å²) in [5, 5.41) is 1.45. The van der Waals surface area contributed by atoms with Gasteiger partial charge in [0, 0.05) is 54.5 Å². The van der Waals surface area contributed by atoms with E-state index in [0.717, 1.165) is 38.9 Å². The van der Waals surface area contributed by atoms with Gasteiger partial charge in [-0.1, -0.05) is 31.0 Å².